The normalized spacial score (nSPS) is 10.3. The van der Waals surface area contributed by atoms with Crippen LogP contribution in [-0.2, 0) is 11.2 Å². The highest BCUT2D eigenvalue weighted by Gasteiger charge is 2.17. The molecule has 0 heterocycles. The van der Waals surface area contributed by atoms with Crippen LogP contribution in [0.5, 0.6) is 0 Å². The van der Waals surface area contributed by atoms with Crippen molar-refractivity contribution in [2.24, 2.45) is 0 Å². The van der Waals surface area contributed by atoms with Gasteiger partial charge in [0.25, 0.3) is 0 Å². The van der Waals surface area contributed by atoms with Crippen LogP contribution < -0.4 is 4.90 Å². The zero-order valence-corrected chi connectivity index (χ0v) is 10.4. The molecule has 0 bridgehead atoms. The number of hydrogen-bond acceptors (Lipinski definition) is 1. The maximum Gasteiger partial charge on any atom is 0.231 e. The average molecular weight is 261 g/mol. The van der Waals surface area contributed by atoms with E-state index < -0.39 is 11.6 Å². The largest absolute Gasteiger partial charge is 0.312 e. The van der Waals surface area contributed by atoms with Crippen molar-refractivity contribution < 1.29 is 13.6 Å². The van der Waals surface area contributed by atoms with Gasteiger partial charge in [0.2, 0.25) is 5.91 Å². The summed E-state index contributed by atoms with van der Waals surface area (Å²) in [5, 5.41) is 0. The van der Waals surface area contributed by atoms with E-state index in [9.17, 15) is 13.6 Å². The molecule has 0 spiro atoms. The highest BCUT2D eigenvalue weighted by atomic mass is 19.2. The molecule has 0 N–H and O–H groups in total. The molecule has 0 saturated heterocycles. The number of hydrogen-bond donors (Lipinski definition) is 0. The van der Waals surface area contributed by atoms with Crippen molar-refractivity contribution in [1.29, 1.82) is 0 Å². The number of amides is 1. The van der Waals surface area contributed by atoms with Gasteiger partial charge in [-0.25, -0.2) is 8.78 Å². The molecule has 2 aromatic rings. The number of benzene rings is 2. The molecule has 0 fully saturated rings. The molecular weight excluding hydrogens is 248 g/mol. The molecule has 98 valence electrons. The monoisotopic (exact) mass is 261 g/mol. The topological polar surface area (TPSA) is 20.3 Å². The van der Waals surface area contributed by atoms with Crippen molar-refractivity contribution >= 4 is 11.6 Å². The summed E-state index contributed by atoms with van der Waals surface area (Å²) < 4.78 is 26.7. The van der Waals surface area contributed by atoms with E-state index in [1.807, 2.05) is 30.3 Å². The lowest BCUT2D eigenvalue weighted by atomic mass is 10.1. The highest BCUT2D eigenvalue weighted by molar-refractivity contribution is 5.94. The zero-order chi connectivity index (χ0) is 13.8. The van der Waals surface area contributed by atoms with E-state index in [0.717, 1.165) is 16.5 Å². The number of carbonyl (C=O) groups is 1. The molecule has 0 saturated carbocycles. The van der Waals surface area contributed by atoms with E-state index >= 15 is 0 Å². The van der Waals surface area contributed by atoms with Crippen molar-refractivity contribution in [3.05, 3.63) is 65.7 Å². The first-order chi connectivity index (χ1) is 9.09. The smallest absolute Gasteiger partial charge is 0.231 e. The summed E-state index contributed by atoms with van der Waals surface area (Å²) in [7, 11) is 1.43. The quantitative estimate of drug-likeness (QED) is 0.831. The van der Waals surface area contributed by atoms with Gasteiger partial charge in [-0.05, 0) is 17.7 Å². The average Bonchev–Trinajstić information content (AvgIpc) is 2.42. The molecule has 2 nitrogen and oxygen atoms in total. The number of rotatable bonds is 3. The fourth-order valence-electron chi connectivity index (χ4n) is 1.77. The second-order valence-electron chi connectivity index (χ2n) is 4.19. The van der Waals surface area contributed by atoms with Gasteiger partial charge in [0.1, 0.15) is 0 Å². The Morgan fingerprint density at radius 3 is 2.42 bits per heavy atom. The van der Waals surface area contributed by atoms with E-state index in [1.165, 1.54) is 19.2 Å². The molecule has 1 amide bonds. The van der Waals surface area contributed by atoms with Gasteiger partial charge in [-0.2, -0.15) is 0 Å². The van der Waals surface area contributed by atoms with Gasteiger partial charge in [-0.3, -0.25) is 4.79 Å². The molecule has 0 aliphatic rings. The predicted octanol–water partition coefficient (Wildman–Crippen LogP) is 3.17. The Morgan fingerprint density at radius 1 is 1.05 bits per heavy atom. The second-order valence-corrected chi connectivity index (χ2v) is 4.19. The van der Waals surface area contributed by atoms with E-state index in [-0.39, 0.29) is 18.0 Å². The van der Waals surface area contributed by atoms with Gasteiger partial charge < -0.3 is 4.90 Å². The Balaban J connectivity index is 2.17. The van der Waals surface area contributed by atoms with Crippen LogP contribution in [0.4, 0.5) is 14.5 Å². The van der Waals surface area contributed by atoms with Crippen molar-refractivity contribution in [2.75, 3.05) is 11.9 Å². The van der Waals surface area contributed by atoms with Crippen LogP contribution in [0, 0.1) is 11.6 Å². The Morgan fingerprint density at radius 2 is 1.74 bits per heavy atom. The van der Waals surface area contributed by atoms with E-state index in [2.05, 4.69) is 0 Å². The van der Waals surface area contributed by atoms with Gasteiger partial charge in [0.05, 0.1) is 12.1 Å². The lowest BCUT2D eigenvalue weighted by Crippen LogP contribution is -2.28. The summed E-state index contributed by atoms with van der Waals surface area (Å²) in [6.07, 6.45) is 0.146. The van der Waals surface area contributed by atoms with Crippen LogP contribution in [-0.4, -0.2) is 13.0 Å². The highest BCUT2D eigenvalue weighted by Crippen LogP contribution is 2.21. The van der Waals surface area contributed by atoms with Crippen LogP contribution >= 0.6 is 0 Å². The van der Waals surface area contributed by atoms with Crippen LogP contribution in [0.3, 0.4) is 0 Å². The Labute approximate surface area is 110 Å². The Kier molecular flexibility index (Phi) is 3.90. The summed E-state index contributed by atoms with van der Waals surface area (Å²) >= 11 is 0. The van der Waals surface area contributed by atoms with Crippen molar-refractivity contribution in [3.63, 3.8) is 0 Å². The number of anilines is 1. The Hall–Kier alpha value is -2.23. The number of halogens is 2. The molecule has 2 rings (SSSR count). The second kappa shape index (κ2) is 5.61. The maximum atomic E-state index is 13.6. The van der Waals surface area contributed by atoms with Crippen molar-refractivity contribution in [2.45, 2.75) is 6.42 Å². The molecule has 19 heavy (non-hydrogen) atoms. The van der Waals surface area contributed by atoms with Crippen LogP contribution in [0.1, 0.15) is 5.56 Å². The first-order valence-electron chi connectivity index (χ1n) is 5.84. The van der Waals surface area contributed by atoms with E-state index in [0.29, 0.717) is 0 Å². The summed E-state index contributed by atoms with van der Waals surface area (Å²) in [5.41, 5.74) is 0.775. The molecule has 2 aromatic carbocycles. The lowest BCUT2D eigenvalue weighted by molar-refractivity contribution is -0.117. The molecule has 0 aliphatic carbocycles. The summed E-state index contributed by atoms with van der Waals surface area (Å²) in [4.78, 5) is 13.1. The van der Waals surface area contributed by atoms with E-state index in [1.54, 1.807) is 0 Å². The molecule has 0 atom stereocenters. The standard InChI is InChI=1S/C15H13F2NO/c1-18(13-9-5-8-12(16)15(13)17)14(19)10-11-6-3-2-4-7-11/h2-9H,10H2,1H3. The van der Waals surface area contributed by atoms with E-state index in [4.69, 9.17) is 0 Å². The molecule has 0 radical (unpaired) electrons. The summed E-state index contributed by atoms with van der Waals surface area (Å²) in [5.74, 6) is -2.26. The minimum atomic E-state index is -1.01. The summed E-state index contributed by atoms with van der Waals surface area (Å²) in [6, 6.07) is 12.9. The molecule has 4 heteroatoms. The molecule has 0 aliphatic heterocycles. The van der Waals surface area contributed by atoms with Gasteiger partial charge in [-0.1, -0.05) is 36.4 Å². The third-order valence-electron chi connectivity index (χ3n) is 2.86. The fraction of sp³-hybridized carbons (Fsp3) is 0.133. The zero-order valence-electron chi connectivity index (χ0n) is 10.4. The number of likely N-dealkylation sites (N-methyl/N-ethyl adjacent to an activating group) is 1. The maximum absolute atomic E-state index is 13.6. The van der Waals surface area contributed by atoms with Crippen LogP contribution in [0.2, 0.25) is 0 Å². The van der Waals surface area contributed by atoms with Gasteiger partial charge in [-0.15, -0.1) is 0 Å². The molecule has 0 aromatic heterocycles. The molecule has 0 unspecified atom stereocenters. The minimum absolute atomic E-state index is 0.0547. The lowest BCUT2D eigenvalue weighted by Gasteiger charge is -2.18. The molecular formula is C15H13F2NO. The van der Waals surface area contributed by atoms with Crippen LogP contribution in [0.25, 0.3) is 0 Å². The third-order valence-corrected chi connectivity index (χ3v) is 2.86. The predicted molar refractivity (Wildman–Crippen MR) is 69.9 cm³/mol. The fourth-order valence-corrected chi connectivity index (χ4v) is 1.77. The minimum Gasteiger partial charge on any atom is -0.312 e. The summed E-state index contributed by atoms with van der Waals surface area (Å²) in [6.45, 7) is 0. The van der Waals surface area contributed by atoms with Gasteiger partial charge >= 0.3 is 0 Å². The van der Waals surface area contributed by atoms with Crippen molar-refractivity contribution in [3.8, 4) is 0 Å². The SMILES string of the molecule is CN(C(=O)Cc1ccccc1)c1cccc(F)c1F. The van der Waals surface area contributed by atoms with Crippen molar-refractivity contribution in [1.82, 2.24) is 0 Å². The first kappa shape index (κ1) is 13.2. The number of carbonyl (C=O) groups excluding carboxylic acids is 1. The number of nitrogens with zero attached hydrogens (tertiary/aromatic N) is 1. The Bertz CT molecular complexity index is 584. The first-order valence-corrected chi connectivity index (χ1v) is 5.84. The van der Waals surface area contributed by atoms with Gasteiger partial charge in [0, 0.05) is 7.05 Å². The third kappa shape index (κ3) is 2.96. The van der Waals surface area contributed by atoms with Crippen LogP contribution in [0.15, 0.2) is 48.5 Å². The van der Waals surface area contributed by atoms with Gasteiger partial charge in [0.15, 0.2) is 11.6 Å².